The van der Waals surface area contributed by atoms with Crippen molar-refractivity contribution in [2.24, 2.45) is 10.7 Å². The number of fused-ring (bicyclic) bond motifs is 1. The zero-order chi connectivity index (χ0) is 20.2. The van der Waals surface area contributed by atoms with Crippen molar-refractivity contribution >= 4 is 23.1 Å². The van der Waals surface area contributed by atoms with Crippen LogP contribution in [0, 0.1) is 11.3 Å². The highest BCUT2D eigenvalue weighted by molar-refractivity contribution is 6.10. The SMILES string of the molecule is CN=CC(=CN)c1cc(-c2ccc(N3CCCCC3)nc2)c2c(C#N)cnn2c1. The topological polar surface area (TPSA) is 95.6 Å². The van der Waals surface area contributed by atoms with Gasteiger partial charge in [-0.25, -0.2) is 9.50 Å². The van der Waals surface area contributed by atoms with Crippen LogP contribution in [0.25, 0.3) is 22.2 Å². The van der Waals surface area contributed by atoms with E-state index in [1.54, 1.807) is 24.0 Å². The van der Waals surface area contributed by atoms with Crippen LogP contribution < -0.4 is 10.6 Å². The average molecular weight is 385 g/mol. The Morgan fingerprint density at radius 1 is 1.24 bits per heavy atom. The lowest BCUT2D eigenvalue weighted by molar-refractivity contribution is 0.573. The monoisotopic (exact) mass is 385 g/mol. The predicted molar refractivity (Wildman–Crippen MR) is 116 cm³/mol. The predicted octanol–water partition coefficient (Wildman–Crippen LogP) is 3.26. The standard InChI is InChI=1S/C22H23N7/c1-25-12-18(10-23)17-9-20(22-19(11-24)14-27-29(22)15-17)16-5-6-21(26-13-16)28-7-3-2-4-8-28/h5-6,9-10,12-15H,2-4,7-8,23H2,1H3. The maximum absolute atomic E-state index is 9.54. The number of piperidine rings is 1. The van der Waals surface area contributed by atoms with E-state index in [0.29, 0.717) is 5.56 Å². The van der Waals surface area contributed by atoms with Crippen LogP contribution in [0.5, 0.6) is 0 Å². The summed E-state index contributed by atoms with van der Waals surface area (Å²) < 4.78 is 1.72. The molecule has 0 aliphatic carbocycles. The van der Waals surface area contributed by atoms with Gasteiger partial charge in [0.05, 0.1) is 17.3 Å². The van der Waals surface area contributed by atoms with E-state index in [2.05, 4.69) is 33.2 Å². The molecule has 146 valence electrons. The molecule has 7 nitrogen and oxygen atoms in total. The van der Waals surface area contributed by atoms with Crippen molar-refractivity contribution < 1.29 is 0 Å². The quantitative estimate of drug-likeness (QED) is 0.696. The van der Waals surface area contributed by atoms with Gasteiger partial charge in [-0.15, -0.1) is 0 Å². The van der Waals surface area contributed by atoms with Crippen molar-refractivity contribution in [2.75, 3.05) is 25.0 Å². The summed E-state index contributed by atoms with van der Waals surface area (Å²) in [5.41, 5.74) is 10.6. The summed E-state index contributed by atoms with van der Waals surface area (Å²) >= 11 is 0. The van der Waals surface area contributed by atoms with Crippen LogP contribution in [-0.2, 0) is 0 Å². The third-order valence-corrected chi connectivity index (χ3v) is 5.25. The molecule has 4 rings (SSSR count). The lowest BCUT2D eigenvalue weighted by Gasteiger charge is -2.27. The number of hydrogen-bond acceptors (Lipinski definition) is 6. The summed E-state index contributed by atoms with van der Waals surface area (Å²) in [6.45, 7) is 2.10. The first-order chi connectivity index (χ1) is 14.2. The fourth-order valence-electron chi connectivity index (χ4n) is 3.79. The molecular formula is C22H23N7. The molecule has 3 aromatic rings. The minimum atomic E-state index is 0.522. The van der Waals surface area contributed by atoms with Gasteiger partial charge in [0.1, 0.15) is 11.9 Å². The highest BCUT2D eigenvalue weighted by atomic mass is 15.2. The van der Waals surface area contributed by atoms with Gasteiger partial charge in [-0.2, -0.15) is 10.4 Å². The third kappa shape index (κ3) is 3.57. The van der Waals surface area contributed by atoms with Crippen molar-refractivity contribution in [3.8, 4) is 17.2 Å². The van der Waals surface area contributed by atoms with Crippen LogP contribution in [0.15, 0.2) is 48.0 Å². The van der Waals surface area contributed by atoms with Crippen LogP contribution in [-0.4, -0.2) is 40.9 Å². The zero-order valence-corrected chi connectivity index (χ0v) is 16.4. The maximum Gasteiger partial charge on any atom is 0.128 e. The van der Waals surface area contributed by atoms with Crippen molar-refractivity contribution in [3.05, 3.63) is 54.1 Å². The van der Waals surface area contributed by atoms with Gasteiger partial charge < -0.3 is 10.6 Å². The van der Waals surface area contributed by atoms with Gasteiger partial charge in [-0.3, -0.25) is 4.99 Å². The number of anilines is 1. The molecule has 2 N–H and O–H groups in total. The molecule has 0 bridgehead atoms. The Bertz CT molecular complexity index is 1110. The number of aromatic nitrogens is 3. The number of nitrogens with zero attached hydrogens (tertiary/aromatic N) is 6. The van der Waals surface area contributed by atoms with E-state index >= 15 is 0 Å². The number of nitrogens with two attached hydrogens (primary N) is 1. The fourth-order valence-corrected chi connectivity index (χ4v) is 3.79. The molecule has 1 saturated heterocycles. The van der Waals surface area contributed by atoms with E-state index in [1.807, 2.05) is 18.5 Å². The third-order valence-electron chi connectivity index (χ3n) is 5.25. The van der Waals surface area contributed by atoms with Crippen LogP contribution >= 0.6 is 0 Å². The van der Waals surface area contributed by atoms with Crippen LogP contribution in [0.3, 0.4) is 0 Å². The molecule has 0 unspecified atom stereocenters. The Morgan fingerprint density at radius 3 is 2.72 bits per heavy atom. The van der Waals surface area contributed by atoms with E-state index in [9.17, 15) is 5.26 Å². The first kappa shape index (κ1) is 18.7. The molecule has 0 radical (unpaired) electrons. The number of allylic oxidation sites excluding steroid dienone is 1. The second kappa shape index (κ2) is 8.15. The van der Waals surface area contributed by atoms with E-state index in [1.165, 1.54) is 25.5 Å². The lowest BCUT2D eigenvalue weighted by atomic mass is 10.0. The highest BCUT2D eigenvalue weighted by Gasteiger charge is 2.16. The molecular weight excluding hydrogens is 362 g/mol. The van der Waals surface area contributed by atoms with Gasteiger partial charge in [0.15, 0.2) is 0 Å². The highest BCUT2D eigenvalue weighted by Crippen LogP contribution is 2.31. The van der Waals surface area contributed by atoms with E-state index in [4.69, 9.17) is 10.7 Å². The summed E-state index contributed by atoms with van der Waals surface area (Å²) in [5.74, 6) is 0.996. The molecule has 4 heterocycles. The summed E-state index contributed by atoms with van der Waals surface area (Å²) in [5, 5.41) is 13.9. The Balaban J connectivity index is 1.83. The molecule has 0 spiro atoms. The molecule has 1 aliphatic heterocycles. The fraction of sp³-hybridized carbons (Fsp3) is 0.273. The molecule has 0 atom stereocenters. The zero-order valence-electron chi connectivity index (χ0n) is 16.4. The van der Waals surface area contributed by atoms with E-state index < -0.39 is 0 Å². The lowest BCUT2D eigenvalue weighted by Crippen LogP contribution is -2.29. The Hall–Kier alpha value is -3.66. The smallest absolute Gasteiger partial charge is 0.128 e. The van der Waals surface area contributed by atoms with Crippen LogP contribution in [0.4, 0.5) is 5.82 Å². The second-order valence-corrected chi connectivity index (χ2v) is 7.07. The van der Waals surface area contributed by atoms with Gasteiger partial charge in [0.2, 0.25) is 0 Å². The molecule has 1 aliphatic rings. The normalized spacial score (nSPS) is 15.2. The Kier molecular flexibility index (Phi) is 5.25. The largest absolute Gasteiger partial charge is 0.404 e. The number of aliphatic imine (C=N–C) groups is 1. The number of pyridine rings is 2. The summed E-state index contributed by atoms with van der Waals surface area (Å²) in [4.78, 5) is 11.1. The van der Waals surface area contributed by atoms with Crippen molar-refractivity contribution in [2.45, 2.75) is 19.3 Å². The minimum Gasteiger partial charge on any atom is -0.404 e. The molecule has 0 saturated carbocycles. The van der Waals surface area contributed by atoms with Gasteiger partial charge >= 0.3 is 0 Å². The van der Waals surface area contributed by atoms with Crippen molar-refractivity contribution in [1.29, 1.82) is 5.26 Å². The molecule has 1 fully saturated rings. The Morgan fingerprint density at radius 2 is 2.07 bits per heavy atom. The van der Waals surface area contributed by atoms with Gasteiger partial charge in [-0.1, -0.05) is 0 Å². The molecule has 3 aromatic heterocycles. The molecule has 0 aromatic carbocycles. The first-order valence-electron chi connectivity index (χ1n) is 9.72. The van der Waals surface area contributed by atoms with Gasteiger partial charge in [-0.05, 0) is 37.5 Å². The van der Waals surface area contributed by atoms with E-state index in [-0.39, 0.29) is 0 Å². The van der Waals surface area contributed by atoms with Crippen LogP contribution in [0.1, 0.15) is 30.4 Å². The average Bonchev–Trinajstić information content (AvgIpc) is 3.21. The van der Waals surface area contributed by atoms with Gasteiger partial charge in [0.25, 0.3) is 0 Å². The minimum absolute atomic E-state index is 0.522. The molecule has 7 heteroatoms. The van der Waals surface area contributed by atoms with Crippen molar-refractivity contribution in [3.63, 3.8) is 0 Å². The second-order valence-electron chi connectivity index (χ2n) is 7.07. The Labute approximate surface area is 169 Å². The van der Waals surface area contributed by atoms with Gasteiger partial charge in [0, 0.05) is 67.2 Å². The van der Waals surface area contributed by atoms with Crippen LogP contribution in [0.2, 0.25) is 0 Å². The number of rotatable bonds is 4. The number of hydrogen-bond donors (Lipinski definition) is 1. The molecule has 0 amide bonds. The first-order valence-corrected chi connectivity index (χ1v) is 9.72. The summed E-state index contributed by atoms with van der Waals surface area (Å²) in [6, 6.07) is 8.36. The van der Waals surface area contributed by atoms with Crippen molar-refractivity contribution in [1.82, 2.24) is 14.6 Å². The van der Waals surface area contributed by atoms with E-state index in [0.717, 1.165) is 46.7 Å². The molecule has 29 heavy (non-hydrogen) atoms. The summed E-state index contributed by atoms with van der Waals surface area (Å²) in [7, 11) is 1.70. The number of nitriles is 1. The maximum atomic E-state index is 9.54. The summed E-state index contributed by atoms with van der Waals surface area (Å²) in [6.07, 6.45) is 12.2.